The van der Waals surface area contributed by atoms with Crippen molar-refractivity contribution in [2.45, 2.75) is 58.6 Å². The number of rotatable bonds is 6. The van der Waals surface area contributed by atoms with E-state index in [1.807, 2.05) is 20.8 Å². The Balaban J connectivity index is 1.63. The molecule has 134 valence electrons. The van der Waals surface area contributed by atoms with Gasteiger partial charge < -0.3 is 10.1 Å². The number of hydrogen-bond acceptors (Lipinski definition) is 3. The first-order valence-corrected chi connectivity index (χ1v) is 9.15. The van der Waals surface area contributed by atoms with E-state index in [-0.39, 0.29) is 6.09 Å². The second kappa shape index (κ2) is 9.07. The van der Waals surface area contributed by atoms with Gasteiger partial charge >= 0.3 is 6.09 Å². The number of likely N-dealkylation sites (tertiary alicyclic amines) is 1. The Kier molecular flexibility index (Phi) is 7.10. The Hall–Kier alpha value is -1.55. The first-order chi connectivity index (χ1) is 11.4. The molecule has 0 bridgehead atoms. The van der Waals surface area contributed by atoms with Gasteiger partial charge in [0.05, 0.1) is 0 Å². The van der Waals surface area contributed by atoms with E-state index in [1.165, 1.54) is 37.9 Å². The molecule has 1 aliphatic heterocycles. The standard InChI is InChI=1S/C20H32N2O2/c1-20(2,3)24-19(23)21-13-7-11-18-12-8-14-22(16-18)15-17-9-5-4-6-10-17/h4-6,9-10,18H,7-8,11-16H2,1-3H3,(H,21,23). The van der Waals surface area contributed by atoms with Crippen LogP contribution in [0.2, 0.25) is 0 Å². The van der Waals surface area contributed by atoms with Crippen LogP contribution in [0.5, 0.6) is 0 Å². The maximum Gasteiger partial charge on any atom is 0.407 e. The van der Waals surface area contributed by atoms with E-state index in [9.17, 15) is 4.79 Å². The van der Waals surface area contributed by atoms with Gasteiger partial charge in [-0.3, -0.25) is 4.90 Å². The lowest BCUT2D eigenvalue weighted by Crippen LogP contribution is -2.36. The minimum Gasteiger partial charge on any atom is -0.444 e. The molecule has 24 heavy (non-hydrogen) atoms. The molecule has 2 rings (SSSR count). The van der Waals surface area contributed by atoms with Crippen LogP contribution in [0, 0.1) is 5.92 Å². The zero-order valence-corrected chi connectivity index (χ0v) is 15.4. The summed E-state index contributed by atoms with van der Waals surface area (Å²) in [6.07, 6.45) is 4.45. The van der Waals surface area contributed by atoms with Crippen molar-refractivity contribution in [1.29, 1.82) is 0 Å². The van der Waals surface area contributed by atoms with Gasteiger partial charge in [0.1, 0.15) is 5.60 Å². The van der Waals surface area contributed by atoms with Gasteiger partial charge in [-0.05, 0) is 64.5 Å². The van der Waals surface area contributed by atoms with Crippen LogP contribution in [-0.4, -0.2) is 36.2 Å². The van der Waals surface area contributed by atoms with Gasteiger partial charge in [0, 0.05) is 19.6 Å². The second-order valence-corrected chi connectivity index (χ2v) is 7.80. The largest absolute Gasteiger partial charge is 0.444 e. The summed E-state index contributed by atoms with van der Waals surface area (Å²) >= 11 is 0. The lowest BCUT2D eigenvalue weighted by molar-refractivity contribution is 0.0525. The molecule has 0 radical (unpaired) electrons. The van der Waals surface area contributed by atoms with Crippen molar-refractivity contribution in [3.05, 3.63) is 35.9 Å². The predicted octanol–water partition coefficient (Wildman–Crippen LogP) is 4.20. The summed E-state index contributed by atoms with van der Waals surface area (Å²) in [7, 11) is 0. The Morgan fingerprint density at radius 2 is 2.04 bits per heavy atom. The molecule has 1 aromatic rings. The number of amides is 1. The van der Waals surface area contributed by atoms with Crippen molar-refractivity contribution in [1.82, 2.24) is 10.2 Å². The Bertz CT molecular complexity index is 496. The third-order valence-corrected chi connectivity index (χ3v) is 4.31. The van der Waals surface area contributed by atoms with Crippen molar-refractivity contribution in [3.63, 3.8) is 0 Å². The molecule has 1 saturated heterocycles. The SMILES string of the molecule is CC(C)(C)OC(=O)NCCCC1CCCN(Cc2ccccc2)C1. The topological polar surface area (TPSA) is 41.6 Å². The molecular formula is C20H32N2O2. The zero-order valence-electron chi connectivity index (χ0n) is 15.4. The lowest BCUT2D eigenvalue weighted by Gasteiger charge is -2.32. The maximum absolute atomic E-state index is 11.6. The lowest BCUT2D eigenvalue weighted by atomic mass is 9.93. The van der Waals surface area contributed by atoms with Gasteiger partial charge in [0.25, 0.3) is 0 Å². The van der Waals surface area contributed by atoms with Gasteiger partial charge in [0.15, 0.2) is 0 Å². The fraction of sp³-hybridized carbons (Fsp3) is 0.650. The van der Waals surface area contributed by atoms with Crippen molar-refractivity contribution < 1.29 is 9.53 Å². The molecule has 1 aromatic carbocycles. The number of alkyl carbamates (subject to hydrolysis) is 1. The summed E-state index contributed by atoms with van der Waals surface area (Å²) in [5.41, 5.74) is 0.968. The van der Waals surface area contributed by atoms with E-state index in [4.69, 9.17) is 4.74 Å². The molecule has 0 aromatic heterocycles. The third kappa shape index (κ3) is 7.35. The average Bonchev–Trinajstić information content (AvgIpc) is 2.51. The highest BCUT2D eigenvalue weighted by molar-refractivity contribution is 5.67. The molecule has 1 aliphatic rings. The number of benzene rings is 1. The molecule has 0 saturated carbocycles. The van der Waals surface area contributed by atoms with E-state index >= 15 is 0 Å². The summed E-state index contributed by atoms with van der Waals surface area (Å²) in [6.45, 7) is 9.77. The summed E-state index contributed by atoms with van der Waals surface area (Å²) in [5, 5.41) is 2.86. The van der Waals surface area contributed by atoms with E-state index in [2.05, 4.69) is 40.5 Å². The Labute approximate surface area is 146 Å². The summed E-state index contributed by atoms with van der Waals surface area (Å²) in [5.74, 6) is 0.739. The number of carbonyl (C=O) groups is 1. The van der Waals surface area contributed by atoms with Gasteiger partial charge in [-0.2, -0.15) is 0 Å². The molecule has 1 unspecified atom stereocenters. The van der Waals surface area contributed by atoms with Crippen LogP contribution < -0.4 is 5.32 Å². The van der Waals surface area contributed by atoms with Crippen molar-refractivity contribution in [2.24, 2.45) is 5.92 Å². The third-order valence-electron chi connectivity index (χ3n) is 4.31. The highest BCUT2D eigenvalue weighted by atomic mass is 16.6. The van der Waals surface area contributed by atoms with Crippen LogP contribution in [0.15, 0.2) is 30.3 Å². The molecule has 0 aliphatic carbocycles. The molecule has 1 amide bonds. The molecule has 1 heterocycles. The quantitative estimate of drug-likeness (QED) is 0.794. The van der Waals surface area contributed by atoms with E-state index < -0.39 is 5.60 Å². The van der Waals surface area contributed by atoms with Crippen molar-refractivity contribution in [2.75, 3.05) is 19.6 Å². The molecular weight excluding hydrogens is 300 g/mol. The maximum atomic E-state index is 11.6. The smallest absolute Gasteiger partial charge is 0.407 e. The summed E-state index contributed by atoms with van der Waals surface area (Å²) < 4.78 is 5.25. The number of piperidine rings is 1. The molecule has 1 fully saturated rings. The van der Waals surface area contributed by atoms with E-state index in [0.717, 1.165) is 18.9 Å². The van der Waals surface area contributed by atoms with Gasteiger partial charge in [-0.1, -0.05) is 30.3 Å². The Morgan fingerprint density at radius 1 is 1.29 bits per heavy atom. The number of hydrogen-bond donors (Lipinski definition) is 1. The van der Waals surface area contributed by atoms with Crippen LogP contribution in [-0.2, 0) is 11.3 Å². The molecule has 4 nitrogen and oxygen atoms in total. The fourth-order valence-corrected chi connectivity index (χ4v) is 3.27. The van der Waals surface area contributed by atoms with Crippen LogP contribution in [0.4, 0.5) is 4.79 Å². The van der Waals surface area contributed by atoms with Crippen LogP contribution in [0.25, 0.3) is 0 Å². The first-order valence-electron chi connectivity index (χ1n) is 9.15. The zero-order chi connectivity index (χ0) is 17.4. The monoisotopic (exact) mass is 332 g/mol. The number of nitrogens with zero attached hydrogens (tertiary/aromatic N) is 1. The van der Waals surface area contributed by atoms with Crippen molar-refractivity contribution in [3.8, 4) is 0 Å². The normalized spacial score (nSPS) is 19.0. The highest BCUT2D eigenvalue weighted by Crippen LogP contribution is 2.22. The summed E-state index contributed by atoms with van der Waals surface area (Å²) in [4.78, 5) is 14.2. The average molecular weight is 332 g/mol. The van der Waals surface area contributed by atoms with Crippen LogP contribution in [0.3, 0.4) is 0 Å². The molecule has 1 atom stereocenters. The number of ether oxygens (including phenoxy) is 1. The Morgan fingerprint density at radius 3 is 2.75 bits per heavy atom. The fourth-order valence-electron chi connectivity index (χ4n) is 3.27. The molecule has 1 N–H and O–H groups in total. The van der Waals surface area contributed by atoms with Crippen LogP contribution in [0.1, 0.15) is 52.0 Å². The highest BCUT2D eigenvalue weighted by Gasteiger charge is 2.20. The van der Waals surface area contributed by atoms with Crippen LogP contribution >= 0.6 is 0 Å². The van der Waals surface area contributed by atoms with Gasteiger partial charge in [-0.25, -0.2) is 4.79 Å². The minimum absolute atomic E-state index is 0.308. The number of carbonyl (C=O) groups excluding carboxylic acids is 1. The molecule has 0 spiro atoms. The summed E-state index contributed by atoms with van der Waals surface area (Å²) in [6, 6.07) is 10.7. The van der Waals surface area contributed by atoms with Gasteiger partial charge in [-0.15, -0.1) is 0 Å². The first kappa shape index (κ1) is 18.8. The van der Waals surface area contributed by atoms with Gasteiger partial charge in [0.2, 0.25) is 0 Å². The molecule has 4 heteroatoms. The van der Waals surface area contributed by atoms with E-state index in [1.54, 1.807) is 0 Å². The second-order valence-electron chi connectivity index (χ2n) is 7.80. The number of nitrogens with one attached hydrogen (secondary N) is 1. The van der Waals surface area contributed by atoms with E-state index in [0.29, 0.717) is 6.54 Å². The predicted molar refractivity (Wildman–Crippen MR) is 97.9 cm³/mol. The van der Waals surface area contributed by atoms with Crippen molar-refractivity contribution >= 4 is 6.09 Å². The minimum atomic E-state index is -0.425.